The Bertz CT molecular complexity index is 775. The zero-order valence-electron chi connectivity index (χ0n) is 11.2. The lowest BCUT2D eigenvalue weighted by Crippen LogP contribution is -2.06. The first-order chi connectivity index (χ1) is 9.75. The van der Waals surface area contributed by atoms with E-state index in [9.17, 15) is 4.79 Å². The minimum Gasteiger partial charge on any atom is -0.294 e. The number of benzene rings is 2. The SMILES string of the molecule is Cc1ccccc1CC(=O)c1cccc2nccnc12. The van der Waals surface area contributed by atoms with Crippen molar-refractivity contribution < 1.29 is 4.79 Å². The van der Waals surface area contributed by atoms with Gasteiger partial charge >= 0.3 is 0 Å². The molecule has 20 heavy (non-hydrogen) atoms. The van der Waals surface area contributed by atoms with Gasteiger partial charge in [-0.15, -0.1) is 0 Å². The van der Waals surface area contributed by atoms with Gasteiger partial charge in [0, 0.05) is 24.4 Å². The summed E-state index contributed by atoms with van der Waals surface area (Å²) in [6.07, 6.45) is 3.65. The lowest BCUT2D eigenvalue weighted by Gasteiger charge is -2.06. The molecule has 0 fully saturated rings. The van der Waals surface area contributed by atoms with E-state index < -0.39 is 0 Å². The van der Waals surface area contributed by atoms with Crippen molar-refractivity contribution in [2.24, 2.45) is 0 Å². The van der Waals surface area contributed by atoms with Crippen LogP contribution in [0.5, 0.6) is 0 Å². The van der Waals surface area contributed by atoms with Crippen molar-refractivity contribution in [2.45, 2.75) is 13.3 Å². The molecule has 1 heterocycles. The highest BCUT2D eigenvalue weighted by molar-refractivity contribution is 6.06. The summed E-state index contributed by atoms with van der Waals surface area (Å²) in [5.74, 6) is 0.0744. The van der Waals surface area contributed by atoms with Gasteiger partial charge in [0.05, 0.1) is 11.0 Å². The van der Waals surface area contributed by atoms with Crippen molar-refractivity contribution in [1.29, 1.82) is 0 Å². The Morgan fingerprint density at radius 3 is 2.65 bits per heavy atom. The van der Waals surface area contributed by atoms with E-state index in [1.54, 1.807) is 12.4 Å². The molecule has 0 atom stereocenters. The number of aryl methyl sites for hydroxylation is 1. The molecule has 0 radical (unpaired) electrons. The lowest BCUT2D eigenvalue weighted by atomic mass is 9.99. The first-order valence-electron chi connectivity index (χ1n) is 6.53. The number of ketones is 1. The maximum absolute atomic E-state index is 12.5. The van der Waals surface area contributed by atoms with E-state index in [0.717, 1.165) is 16.6 Å². The van der Waals surface area contributed by atoms with Gasteiger partial charge in [0.25, 0.3) is 0 Å². The Hall–Kier alpha value is -2.55. The molecule has 0 aliphatic heterocycles. The summed E-state index contributed by atoms with van der Waals surface area (Å²) in [4.78, 5) is 21.0. The minimum absolute atomic E-state index is 0.0744. The number of Topliss-reactive ketones (excluding diaryl/α,β-unsaturated/α-hetero) is 1. The molecule has 98 valence electrons. The second-order valence-corrected chi connectivity index (χ2v) is 4.76. The van der Waals surface area contributed by atoms with Crippen LogP contribution in [0.2, 0.25) is 0 Å². The van der Waals surface area contributed by atoms with Crippen LogP contribution in [-0.4, -0.2) is 15.8 Å². The first kappa shape index (κ1) is 12.5. The number of para-hydroxylation sites is 1. The van der Waals surface area contributed by atoms with Gasteiger partial charge in [-0.1, -0.05) is 30.3 Å². The highest BCUT2D eigenvalue weighted by Crippen LogP contribution is 2.17. The second-order valence-electron chi connectivity index (χ2n) is 4.76. The Morgan fingerprint density at radius 1 is 1.00 bits per heavy atom. The summed E-state index contributed by atoms with van der Waals surface area (Å²) in [6.45, 7) is 2.02. The van der Waals surface area contributed by atoms with Crippen LogP contribution in [-0.2, 0) is 6.42 Å². The third-order valence-electron chi connectivity index (χ3n) is 3.41. The third kappa shape index (κ3) is 2.30. The number of hydrogen-bond acceptors (Lipinski definition) is 3. The predicted molar refractivity (Wildman–Crippen MR) is 78.8 cm³/mol. The van der Waals surface area contributed by atoms with Crippen LogP contribution in [0.1, 0.15) is 21.5 Å². The molecule has 3 rings (SSSR count). The molecule has 0 bridgehead atoms. The van der Waals surface area contributed by atoms with Gasteiger partial charge in [0.15, 0.2) is 5.78 Å². The molecule has 3 nitrogen and oxygen atoms in total. The molecular formula is C17H14N2O. The fourth-order valence-corrected chi connectivity index (χ4v) is 2.29. The largest absolute Gasteiger partial charge is 0.294 e. The third-order valence-corrected chi connectivity index (χ3v) is 3.41. The van der Waals surface area contributed by atoms with Gasteiger partial charge in [0.1, 0.15) is 0 Å². The number of carbonyl (C=O) groups is 1. The van der Waals surface area contributed by atoms with Gasteiger partial charge in [-0.05, 0) is 30.2 Å². The topological polar surface area (TPSA) is 42.9 Å². The number of hydrogen-bond donors (Lipinski definition) is 0. The molecule has 0 amide bonds. The number of nitrogens with zero attached hydrogens (tertiary/aromatic N) is 2. The lowest BCUT2D eigenvalue weighted by molar-refractivity contribution is 0.0994. The zero-order valence-corrected chi connectivity index (χ0v) is 11.2. The second kappa shape index (κ2) is 5.21. The van der Waals surface area contributed by atoms with E-state index in [1.807, 2.05) is 49.4 Å². The zero-order chi connectivity index (χ0) is 13.9. The molecule has 3 aromatic rings. The van der Waals surface area contributed by atoms with Crippen LogP contribution >= 0.6 is 0 Å². The number of rotatable bonds is 3. The molecule has 0 N–H and O–H groups in total. The Balaban J connectivity index is 1.99. The molecule has 0 saturated carbocycles. The Morgan fingerprint density at radius 2 is 1.80 bits per heavy atom. The quantitative estimate of drug-likeness (QED) is 0.680. The van der Waals surface area contributed by atoms with Crippen molar-refractivity contribution >= 4 is 16.8 Å². The number of aromatic nitrogens is 2. The van der Waals surface area contributed by atoms with Crippen LogP contribution in [0.15, 0.2) is 54.9 Å². The van der Waals surface area contributed by atoms with Gasteiger partial charge in [0.2, 0.25) is 0 Å². The molecular weight excluding hydrogens is 248 g/mol. The maximum atomic E-state index is 12.5. The summed E-state index contributed by atoms with van der Waals surface area (Å²) >= 11 is 0. The first-order valence-corrected chi connectivity index (χ1v) is 6.53. The summed E-state index contributed by atoms with van der Waals surface area (Å²) < 4.78 is 0. The van der Waals surface area contributed by atoms with E-state index in [0.29, 0.717) is 17.5 Å². The van der Waals surface area contributed by atoms with E-state index in [1.165, 1.54) is 0 Å². The minimum atomic E-state index is 0.0744. The average molecular weight is 262 g/mol. The summed E-state index contributed by atoms with van der Waals surface area (Å²) in [7, 11) is 0. The van der Waals surface area contributed by atoms with Crippen molar-refractivity contribution in [2.75, 3.05) is 0 Å². The summed E-state index contributed by atoms with van der Waals surface area (Å²) in [5.41, 5.74) is 4.25. The highest BCUT2D eigenvalue weighted by atomic mass is 16.1. The van der Waals surface area contributed by atoms with Gasteiger partial charge in [-0.3, -0.25) is 14.8 Å². The standard InChI is InChI=1S/C17H14N2O/c1-12-5-2-3-6-13(12)11-16(20)14-7-4-8-15-17(14)19-10-9-18-15/h2-10H,11H2,1H3. The van der Waals surface area contributed by atoms with E-state index >= 15 is 0 Å². The summed E-state index contributed by atoms with van der Waals surface area (Å²) in [6, 6.07) is 13.5. The number of fused-ring (bicyclic) bond motifs is 1. The maximum Gasteiger partial charge on any atom is 0.169 e. The van der Waals surface area contributed by atoms with Crippen LogP contribution in [0.4, 0.5) is 0 Å². The van der Waals surface area contributed by atoms with Crippen LogP contribution in [0, 0.1) is 6.92 Å². The molecule has 0 unspecified atom stereocenters. The molecule has 0 aliphatic rings. The smallest absolute Gasteiger partial charge is 0.169 e. The van der Waals surface area contributed by atoms with E-state index in [4.69, 9.17) is 0 Å². The van der Waals surface area contributed by atoms with Gasteiger partial charge in [-0.2, -0.15) is 0 Å². The Kier molecular flexibility index (Phi) is 3.25. The normalized spacial score (nSPS) is 10.7. The summed E-state index contributed by atoms with van der Waals surface area (Å²) in [5, 5.41) is 0. The van der Waals surface area contributed by atoms with Crippen molar-refractivity contribution in [1.82, 2.24) is 9.97 Å². The monoisotopic (exact) mass is 262 g/mol. The van der Waals surface area contributed by atoms with Crippen LogP contribution in [0.25, 0.3) is 11.0 Å². The molecule has 2 aromatic carbocycles. The fourth-order valence-electron chi connectivity index (χ4n) is 2.29. The van der Waals surface area contributed by atoms with Gasteiger partial charge < -0.3 is 0 Å². The van der Waals surface area contributed by atoms with Crippen LogP contribution in [0.3, 0.4) is 0 Å². The van der Waals surface area contributed by atoms with Crippen molar-refractivity contribution in [3.05, 3.63) is 71.5 Å². The fraction of sp³-hybridized carbons (Fsp3) is 0.118. The molecule has 0 saturated heterocycles. The van der Waals surface area contributed by atoms with E-state index in [2.05, 4.69) is 9.97 Å². The number of carbonyl (C=O) groups excluding carboxylic acids is 1. The molecule has 3 heteroatoms. The molecule has 1 aromatic heterocycles. The van der Waals surface area contributed by atoms with Crippen molar-refractivity contribution in [3.63, 3.8) is 0 Å². The highest BCUT2D eigenvalue weighted by Gasteiger charge is 2.12. The predicted octanol–water partition coefficient (Wildman–Crippen LogP) is 3.36. The van der Waals surface area contributed by atoms with E-state index in [-0.39, 0.29) is 5.78 Å². The van der Waals surface area contributed by atoms with Crippen LogP contribution < -0.4 is 0 Å². The Labute approximate surface area is 117 Å². The molecule has 0 spiro atoms. The molecule has 0 aliphatic carbocycles. The van der Waals surface area contributed by atoms with Gasteiger partial charge in [-0.25, -0.2) is 0 Å². The average Bonchev–Trinajstić information content (AvgIpc) is 2.49. The van der Waals surface area contributed by atoms with Crippen molar-refractivity contribution in [3.8, 4) is 0 Å².